The van der Waals surface area contributed by atoms with Crippen molar-refractivity contribution in [1.82, 2.24) is 4.98 Å². The van der Waals surface area contributed by atoms with Gasteiger partial charge >= 0.3 is 5.97 Å². The standard InChI is InChI=1S/C15H19NO3/c1-4-19-15(18)12-7-11(10(3)14(12)17)13-6-5-9(2)8-16-13/h5-6,8,12,14,17H,4,7H2,1-3H3/t12-,14-/m0/s1. The largest absolute Gasteiger partial charge is 0.466 e. The summed E-state index contributed by atoms with van der Waals surface area (Å²) in [5, 5.41) is 10.2. The Labute approximate surface area is 113 Å². The quantitative estimate of drug-likeness (QED) is 0.847. The van der Waals surface area contributed by atoms with Crippen molar-refractivity contribution in [2.45, 2.75) is 33.3 Å². The Morgan fingerprint density at radius 2 is 2.21 bits per heavy atom. The summed E-state index contributed by atoms with van der Waals surface area (Å²) in [6.45, 7) is 5.92. The molecule has 1 aliphatic carbocycles. The predicted octanol–water partition coefficient (Wildman–Crippen LogP) is 2.11. The van der Waals surface area contributed by atoms with Crippen LogP contribution in [0.4, 0.5) is 0 Å². The maximum atomic E-state index is 11.8. The highest BCUT2D eigenvalue weighted by atomic mass is 16.5. The topological polar surface area (TPSA) is 59.4 Å². The Balaban J connectivity index is 2.23. The van der Waals surface area contributed by atoms with Crippen LogP contribution in [0.3, 0.4) is 0 Å². The molecule has 0 aromatic carbocycles. The third-order valence-corrected chi connectivity index (χ3v) is 3.53. The summed E-state index contributed by atoms with van der Waals surface area (Å²) in [4.78, 5) is 16.2. The highest BCUT2D eigenvalue weighted by molar-refractivity contribution is 5.82. The molecule has 0 amide bonds. The number of ether oxygens (including phenoxy) is 1. The number of pyridine rings is 1. The maximum absolute atomic E-state index is 11.8. The Hall–Kier alpha value is -1.68. The average Bonchev–Trinajstić information content (AvgIpc) is 2.68. The van der Waals surface area contributed by atoms with Crippen LogP contribution >= 0.6 is 0 Å². The van der Waals surface area contributed by atoms with E-state index in [1.165, 1.54) is 0 Å². The number of hydrogen-bond acceptors (Lipinski definition) is 4. The zero-order chi connectivity index (χ0) is 14.0. The molecule has 1 aromatic heterocycles. The smallest absolute Gasteiger partial charge is 0.312 e. The number of carbonyl (C=O) groups is 1. The molecule has 0 aliphatic heterocycles. The summed E-state index contributed by atoms with van der Waals surface area (Å²) >= 11 is 0. The molecule has 0 bridgehead atoms. The molecule has 0 unspecified atom stereocenters. The number of aryl methyl sites for hydroxylation is 1. The summed E-state index contributed by atoms with van der Waals surface area (Å²) in [5.74, 6) is -0.838. The minimum Gasteiger partial charge on any atom is -0.466 e. The van der Waals surface area contributed by atoms with Gasteiger partial charge in [0.1, 0.15) is 0 Å². The number of aliphatic hydroxyl groups excluding tert-OH is 1. The molecule has 4 nitrogen and oxygen atoms in total. The molecule has 19 heavy (non-hydrogen) atoms. The lowest BCUT2D eigenvalue weighted by molar-refractivity contribution is -0.150. The molecule has 0 radical (unpaired) electrons. The molecule has 0 saturated carbocycles. The molecule has 1 N–H and O–H groups in total. The number of nitrogens with zero attached hydrogens (tertiary/aromatic N) is 1. The van der Waals surface area contributed by atoms with E-state index in [2.05, 4.69) is 4.98 Å². The highest BCUT2D eigenvalue weighted by Crippen LogP contribution is 2.37. The van der Waals surface area contributed by atoms with Gasteiger partial charge in [-0.15, -0.1) is 0 Å². The van der Waals surface area contributed by atoms with Crippen LogP contribution in [0.5, 0.6) is 0 Å². The van der Waals surface area contributed by atoms with Crippen molar-refractivity contribution in [2.75, 3.05) is 6.61 Å². The Morgan fingerprint density at radius 1 is 1.47 bits per heavy atom. The van der Waals surface area contributed by atoms with Gasteiger partial charge in [0, 0.05) is 6.20 Å². The van der Waals surface area contributed by atoms with E-state index in [1.54, 1.807) is 13.1 Å². The zero-order valence-electron chi connectivity index (χ0n) is 11.5. The summed E-state index contributed by atoms with van der Waals surface area (Å²) < 4.78 is 5.00. The molecule has 2 atom stereocenters. The normalized spacial score (nSPS) is 22.7. The van der Waals surface area contributed by atoms with Crippen LogP contribution in [0.2, 0.25) is 0 Å². The van der Waals surface area contributed by atoms with E-state index >= 15 is 0 Å². The van der Waals surface area contributed by atoms with Crippen LogP contribution in [0.15, 0.2) is 23.9 Å². The fourth-order valence-electron chi connectivity index (χ4n) is 2.39. The molecular weight excluding hydrogens is 242 g/mol. The van der Waals surface area contributed by atoms with Gasteiger partial charge in [-0.1, -0.05) is 6.07 Å². The van der Waals surface area contributed by atoms with E-state index < -0.39 is 12.0 Å². The Kier molecular flexibility index (Phi) is 4.00. The minimum atomic E-state index is -0.767. The second-order valence-electron chi connectivity index (χ2n) is 4.89. The second kappa shape index (κ2) is 5.53. The lowest BCUT2D eigenvalue weighted by Gasteiger charge is -2.14. The van der Waals surface area contributed by atoms with Crippen molar-refractivity contribution in [3.05, 3.63) is 35.2 Å². The predicted molar refractivity (Wildman–Crippen MR) is 72.3 cm³/mol. The monoisotopic (exact) mass is 261 g/mol. The average molecular weight is 261 g/mol. The van der Waals surface area contributed by atoms with Gasteiger partial charge in [0.2, 0.25) is 0 Å². The first-order valence-electron chi connectivity index (χ1n) is 6.52. The van der Waals surface area contributed by atoms with Gasteiger partial charge in [-0.05, 0) is 50.0 Å². The molecular formula is C15H19NO3. The summed E-state index contributed by atoms with van der Waals surface area (Å²) in [7, 11) is 0. The first-order valence-corrected chi connectivity index (χ1v) is 6.52. The van der Waals surface area contributed by atoms with Crippen molar-refractivity contribution in [1.29, 1.82) is 0 Å². The van der Waals surface area contributed by atoms with Crippen molar-refractivity contribution >= 4 is 11.5 Å². The SMILES string of the molecule is CCOC(=O)[C@H]1CC(c2ccc(C)cn2)=C(C)[C@@H]1O. The third kappa shape index (κ3) is 2.68. The molecule has 1 aromatic rings. The van der Waals surface area contributed by atoms with Gasteiger partial charge in [0.05, 0.1) is 24.3 Å². The van der Waals surface area contributed by atoms with E-state index in [0.717, 1.165) is 22.4 Å². The third-order valence-electron chi connectivity index (χ3n) is 3.53. The molecule has 1 heterocycles. The van der Waals surface area contributed by atoms with Gasteiger partial charge in [-0.3, -0.25) is 9.78 Å². The molecule has 1 aliphatic rings. The fraction of sp³-hybridized carbons (Fsp3) is 0.467. The van der Waals surface area contributed by atoms with E-state index in [4.69, 9.17) is 4.74 Å². The molecule has 0 fully saturated rings. The summed E-state index contributed by atoms with van der Waals surface area (Å²) in [5.41, 5.74) is 3.68. The van der Waals surface area contributed by atoms with Crippen LogP contribution < -0.4 is 0 Å². The van der Waals surface area contributed by atoms with Gasteiger partial charge in [0.15, 0.2) is 0 Å². The first kappa shape index (κ1) is 13.7. The van der Waals surface area contributed by atoms with Crippen molar-refractivity contribution in [3.8, 4) is 0 Å². The van der Waals surface area contributed by atoms with Crippen molar-refractivity contribution < 1.29 is 14.6 Å². The van der Waals surface area contributed by atoms with Crippen LogP contribution in [0.25, 0.3) is 5.57 Å². The summed E-state index contributed by atoms with van der Waals surface area (Å²) in [6, 6.07) is 3.90. The van der Waals surface area contributed by atoms with Crippen LogP contribution in [-0.2, 0) is 9.53 Å². The number of carbonyl (C=O) groups excluding carboxylic acids is 1. The van der Waals surface area contributed by atoms with E-state index in [0.29, 0.717) is 13.0 Å². The van der Waals surface area contributed by atoms with Crippen molar-refractivity contribution in [3.63, 3.8) is 0 Å². The van der Waals surface area contributed by atoms with E-state index in [1.807, 2.05) is 26.0 Å². The number of aromatic nitrogens is 1. The van der Waals surface area contributed by atoms with Crippen LogP contribution in [0.1, 0.15) is 31.5 Å². The Morgan fingerprint density at radius 3 is 2.79 bits per heavy atom. The number of rotatable bonds is 3. The molecule has 0 spiro atoms. The molecule has 4 heteroatoms. The highest BCUT2D eigenvalue weighted by Gasteiger charge is 2.37. The maximum Gasteiger partial charge on any atom is 0.312 e. The molecule has 2 rings (SSSR count). The van der Waals surface area contributed by atoms with Gasteiger partial charge < -0.3 is 9.84 Å². The summed E-state index contributed by atoms with van der Waals surface area (Å²) in [6.07, 6.45) is 1.51. The van der Waals surface area contributed by atoms with Gasteiger partial charge in [-0.25, -0.2) is 0 Å². The minimum absolute atomic E-state index is 0.333. The Bertz CT molecular complexity index is 505. The fourth-order valence-corrected chi connectivity index (χ4v) is 2.39. The first-order chi connectivity index (χ1) is 9.04. The second-order valence-corrected chi connectivity index (χ2v) is 4.89. The van der Waals surface area contributed by atoms with Crippen LogP contribution in [0, 0.1) is 12.8 Å². The van der Waals surface area contributed by atoms with Gasteiger partial charge in [0.25, 0.3) is 0 Å². The molecule has 102 valence electrons. The number of allylic oxidation sites excluding steroid dienone is 1. The molecule has 0 saturated heterocycles. The van der Waals surface area contributed by atoms with E-state index in [-0.39, 0.29) is 5.97 Å². The van der Waals surface area contributed by atoms with E-state index in [9.17, 15) is 9.90 Å². The lowest BCUT2D eigenvalue weighted by atomic mass is 10.0. The van der Waals surface area contributed by atoms with Crippen LogP contribution in [-0.4, -0.2) is 28.8 Å². The zero-order valence-corrected chi connectivity index (χ0v) is 11.5. The van der Waals surface area contributed by atoms with Crippen molar-refractivity contribution in [2.24, 2.45) is 5.92 Å². The number of aliphatic hydroxyl groups is 1. The number of hydrogen-bond donors (Lipinski definition) is 1. The van der Waals surface area contributed by atoms with Gasteiger partial charge in [-0.2, -0.15) is 0 Å². The number of esters is 1. The lowest BCUT2D eigenvalue weighted by Crippen LogP contribution is -2.26.